The molecule has 1 aliphatic rings. The molecule has 2 heterocycles. The summed E-state index contributed by atoms with van der Waals surface area (Å²) in [6.07, 6.45) is 2.05. The molecule has 1 saturated heterocycles. The molecule has 0 radical (unpaired) electrons. The number of anilines is 1. The minimum absolute atomic E-state index is 0.152. The summed E-state index contributed by atoms with van der Waals surface area (Å²) in [6.45, 7) is 6.41. The SMILES string of the molecule is Cc1sc(NCC2(C)CCOCC2)nc1C(=O)O. The molecule has 100 valence electrons. The topological polar surface area (TPSA) is 71.5 Å². The van der Waals surface area contributed by atoms with Gasteiger partial charge in [0.2, 0.25) is 0 Å². The van der Waals surface area contributed by atoms with E-state index < -0.39 is 5.97 Å². The van der Waals surface area contributed by atoms with E-state index in [1.807, 2.05) is 0 Å². The monoisotopic (exact) mass is 270 g/mol. The van der Waals surface area contributed by atoms with Crippen molar-refractivity contribution in [2.45, 2.75) is 26.7 Å². The van der Waals surface area contributed by atoms with Crippen molar-refractivity contribution in [3.63, 3.8) is 0 Å². The largest absolute Gasteiger partial charge is 0.476 e. The third-order valence-electron chi connectivity index (χ3n) is 3.37. The predicted octanol–water partition coefficient (Wildman–Crippen LogP) is 2.38. The maximum absolute atomic E-state index is 10.9. The van der Waals surface area contributed by atoms with Crippen LogP contribution in [0.25, 0.3) is 0 Å². The number of nitrogens with zero attached hydrogens (tertiary/aromatic N) is 1. The Balaban J connectivity index is 1.97. The molecule has 1 aliphatic heterocycles. The van der Waals surface area contributed by atoms with Crippen LogP contribution >= 0.6 is 11.3 Å². The second-order valence-electron chi connectivity index (χ2n) is 5.01. The highest BCUT2D eigenvalue weighted by Crippen LogP contribution is 2.31. The van der Waals surface area contributed by atoms with Crippen LogP contribution in [0.4, 0.5) is 5.13 Å². The first-order valence-electron chi connectivity index (χ1n) is 6.02. The molecular formula is C12H18N2O3S. The molecule has 0 atom stereocenters. The van der Waals surface area contributed by atoms with Gasteiger partial charge in [-0.05, 0) is 25.2 Å². The molecule has 0 spiro atoms. The molecule has 1 aromatic rings. The second kappa shape index (κ2) is 5.24. The molecule has 6 heteroatoms. The lowest BCUT2D eigenvalue weighted by Gasteiger charge is -2.33. The number of hydrogen-bond donors (Lipinski definition) is 2. The Labute approximate surface area is 110 Å². The van der Waals surface area contributed by atoms with Crippen molar-refractivity contribution in [1.29, 1.82) is 0 Å². The fraction of sp³-hybridized carbons (Fsp3) is 0.667. The standard InChI is InChI=1S/C12H18N2O3S/c1-8-9(10(15)16)14-11(18-8)13-7-12(2)3-5-17-6-4-12/h3-7H2,1-2H3,(H,13,14)(H,15,16). The summed E-state index contributed by atoms with van der Waals surface area (Å²) in [5.74, 6) is -0.964. The minimum atomic E-state index is -0.964. The maximum atomic E-state index is 10.9. The molecule has 2 N–H and O–H groups in total. The van der Waals surface area contributed by atoms with Crippen LogP contribution in [0.2, 0.25) is 0 Å². The highest BCUT2D eigenvalue weighted by molar-refractivity contribution is 7.15. The lowest BCUT2D eigenvalue weighted by Crippen LogP contribution is -2.33. The number of carboxylic acid groups (broad SMARTS) is 1. The summed E-state index contributed by atoms with van der Waals surface area (Å²) in [6, 6.07) is 0. The van der Waals surface area contributed by atoms with E-state index in [1.165, 1.54) is 11.3 Å². The Morgan fingerprint density at radius 3 is 2.78 bits per heavy atom. The second-order valence-corrected chi connectivity index (χ2v) is 6.21. The van der Waals surface area contributed by atoms with Crippen molar-refractivity contribution in [3.8, 4) is 0 Å². The van der Waals surface area contributed by atoms with Gasteiger partial charge in [0.05, 0.1) is 0 Å². The molecule has 0 amide bonds. The molecule has 1 aromatic heterocycles. The van der Waals surface area contributed by atoms with Crippen LogP contribution in [-0.4, -0.2) is 35.8 Å². The molecule has 18 heavy (non-hydrogen) atoms. The number of aryl methyl sites for hydroxylation is 1. The summed E-state index contributed by atoms with van der Waals surface area (Å²) in [4.78, 5) is 15.7. The predicted molar refractivity (Wildman–Crippen MR) is 70.5 cm³/mol. The van der Waals surface area contributed by atoms with Crippen molar-refractivity contribution in [2.75, 3.05) is 25.1 Å². The molecular weight excluding hydrogens is 252 g/mol. The van der Waals surface area contributed by atoms with E-state index in [1.54, 1.807) is 6.92 Å². The van der Waals surface area contributed by atoms with Gasteiger partial charge < -0.3 is 15.2 Å². The fourth-order valence-electron chi connectivity index (χ4n) is 2.00. The van der Waals surface area contributed by atoms with Gasteiger partial charge in [-0.15, -0.1) is 11.3 Å². The van der Waals surface area contributed by atoms with Gasteiger partial charge in [0.15, 0.2) is 10.8 Å². The number of nitrogens with one attached hydrogen (secondary N) is 1. The quantitative estimate of drug-likeness (QED) is 0.879. The first-order chi connectivity index (χ1) is 8.50. The van der Waals surface area contributed by atoms with Gasteiger partial charge in [-0.2, -0.15) is 0 Å². The first-order valence-corrected chi connectivity index (χ1v) is 6.84. The van der Waals surface area contributed by atoms with Crippen LogP contribution in [0.15, 0.2) is 0 Å². The minimum Gasteiger partial charge on any atom is -0.476 e. The third kappa shape index (κ3) is 3.00. The van der Waals surface area contributed by atoms with Gasteiger partial charge >= 0.3 is 5.97 Å². The summed E-state index contributed by atoms with van der Waals surface area (Å²) < 4.78 is 5.35. The number of aromatic nitrogens is 1. The number of thiazole rings is 1. The zero-order chi connectivity index (χ0) is 13.2. The number of aromatic carboxylic acids is 1. The van der Waals surface area contributed by atoms with E-state index in [9.17, 15) is 4.79 Å². The number of ether oxygens (including phenoxy) is 1. The lowest BCUT2D eigenvalue weighted by molar-refractivity contribution is 0.0300. The molecule has 0 saturated carbocycles. The number of rotatable bonds is 4. The van der Waals surface area contributed by atoms with Crippen LogP contribution in [0.3, 0.4) is 0 Å². The van der Waals surface area contributed by atoms with Crippen molar-refractivity contribution in [3.05, 3.63) is 10.6 Å². The van der Waals surface area contributed by atoms with Gasteiger partial charge in [-0.3, -0.25) is 0 Å². The van der Waals surface area contributed by atoms with Gasteiger partial charge in [-0.25, -0.2) is 9.78 Å². The van der Waals surface area contributed by atoms with Crippen molar-refractivity contribution < 1.29 is 14.6 Å². The highest BCUT2D eigenvalue weighted by atomic mass is 32.1. The van der Waals surface area contributed by atoms with E-state index in [0.29, 0.717) is 5.13 Å². The van der Waals surface area contributed by atoms with Crippen LogP contribution < -0.4 is 5.32 Å². The van der Waals surface area contributed by atoms with E-state index in [-0.39, 0.29) is 11.1 Å². The Morgan fingerprint density at radius 2 is 2.22 bits per heavy atom. The first kappa shape index (κ1) is 13.3. The normalized spacial score (nSPS) is 18.6. The van der Waals surface area contributed by atoms with Gasteiger partial charge in [0.25, 0.3) is 0 Å². The number of carboxylic acids is 1. The zero-order valence-electron chi connectivity index (χ0n) is 10.7. The van der Waals surface area contributed by atoms with E-state index in [4.69, 9.17) is 9.84 Å². The summed E-state index contributed by atoms with van der Waals surface area (Å²) in [5.41, 5.74) is 0.362. The van der Waals surface area contributed by atoms with Crippen molar-refractivity contribution in [1.82, 2.24) is 4.98 Å². The van der Waals surface area contributed by atoms with Crippen molar-refractivity contribution >= 4 is 22.4 Å². The van der Waals surface area contributed by atoms with E-state index >= 15 is 0 Å². The lowest BCUT2D eigenvalue weighted by atomic mass is 9.82. The number of carbonyl (C=O) groups is 1. The molecule has 0 aromatic carbocycles. The highest BCUT2D eigenvalue weighted by Gasteiger charge is 2.27. The van der Waals surface area contributed by atoms with Crippen molar-refractivity contribution in [2.24, 2.45) is 5.41 Å². The molecule has 0 aliphatic carbocycles. The Morgan fingerprint density at radius 1 is 1.56 bits per heavy atom. The van der Waals surface area contributed by atoms with E-state index in [0.717, 1.165) is 37.5 Å². The molecule has 0 bridgehead atoms. The van der Waals surface area contributed by atoms with E-state index in [2.05, 4.69) is 17.2 Å². The van der Waals surface area contributed by atoms with Gasteiger partial charge in [0.1, 0.15) is 0 Å². The summed E-state index contributed by atoms with van der Waals surface area (Å²) >= 11 is 1.40. The van der Waals surface area contributed by atoms with Crippen LogP contribution in [-0.2, 0) is 4.74 Å². The van der Waals surface area contributed by atoms with Crippen LogP contribution in [0.1, 0.15) is 35.1 Å². The molecule has 1 fully saturated rings. The van der Waals surface area contributed by atoms with Gasteiger partial charge in [0, 0.05) is 24.6 Å². The van der Waals surface area contributed by atoms with Crippen LogP contribution in [0.5, 0.6) is 0 Å². The zero-order valence-corrected chi connectivity index (χ0v) is 11.5. The Hall–Kier alpha value is -1.14. The molecule has 2 rings (SSSR count). The third-order valence-corrected chi connectivity index (χ3v) is 4.29. The fourth-order valence-corrected chi connectivity index (χ4v) is 2.80. The number of hydrogen-bond acceptors (Lipinski definition) is 5. The molecule has 5 nitrogen and oxygen atoms in total. The summed E-state index contributed by atoms with van der Waals surface area (Å²) in [5, 5.41) is 12.9. The smallest absolute Gasteiger partial charge is 0.355 e. The maximum Gasteiger partial charge on any atom is 0.355 e. The van der Waals surface area contributed by atoms with Gasteiger partial charge in [-0.1, -0.05) is 6.92 Å². The average Bonchev–Trinajstić information content (AvgIpc) is 2.69. The van der Waals surface area contributed by atoms with Crippen LogP contribution in [0, 0.1) is 12.3 Å². The average molecular weight is 270 g/mol. The Kier molecular flexibility index (Phi) is 3.87. The molecule has 0 unspecified atom stereocenters. The summed E-state index contributed by atoms with van der Waals surface area (Å²) in [7, 11) is 0. The Bertz CT molecular complexity index is 439.